The van der Waals surface area contributed by atoms with E-state index in [1.807, 2.05) is 32.0 Å². The van der Waals surface area contributed by atoms with E-state index in [4.69, 9.17) is 26.1 Å². The zero-order valence-electron chi connectivity index (χ0n) is 17.4. The van der Waals surface area contributed by atoms with Crippen LogP contribution in [0, 0.1) is 6.92 Å². The fraction of sp³-hybridized carbons (Fsp3) is 0.409. The number of esters is 1. The van der Waals surface area contributed by atoms with Crippen LogP contribution in [-0.4, -0.2) is 40.8 Å². The minimum absolute atomic E-state index is 0.196. The minimum atomic E-state index is -0.237. The van der Waals surface area contributed by atoms with Gasteiger partial charge in [0, 0.05) is 19.2 Å². The molecule has 0 aliphatic carbocycles. The van der Waals surface area contributed by atoms with E-state index in [1.54, 1.807) is 13.2 Å². The highest BCUT2D eigenvalue weighted by molar-refractivity contribution is 6.35. The second-order valence-electron chi connectivity index (χ2n) is 7.33. The number of pyridine rings is 1. The van der Waals surface area contributed by atoms with Crippen molar-refractivity contribution < 1.29 is 14.3 Å². The maximum absolute atomic E-state index is 12.3. The molecule has 1 aromatic carbocycles. The van der Waals surface area contributed by atoms with Crippen molar-refractivity contribution >= 4 is 40.2 Å². The number of hydrogen-bond acceptors (Lipinski definition) is 6. The number of aryl methyl sites for hydroxylation is 2. The third-order valence-corrected chi connectivity index (χ3v) is 5.55. The number of carbonyl (C=O) groups is 1. The zero-order chi connectivity index (χ0) is 21.3. The van der Waals surface area contributed by atoms with Crippen molar-refractivity contribution in [1.29, 1.82) is 0 Å². The maximum atomic E-state index is 12.3. The van der Waals surface area contributed by atoms with Crippen LogP contribution in [0.2, 0.25) is 5.02 Å². The molecular weight excluding hydrogens is 404 g/mol. The number of imidazole rings is 1. The molecule has 3 aromatic rings. The molecule has 0 saturated heterocycles. The predicted molar refractivity (Wildman–Crippen MR) is 117 cm³/mol. The summed E-state index contributed by atoms with van der Waals surface area (Å²) in [6.07, 6.45) is 1.94. The summed E-state index contributed by atoms with van der Waals surface area (Å²) in [5, 5.41) is 0.571. The zero-order valence-corrected chi connectivity index (χ0v) is 18.2. The van der Waals surface area contributed by atoms with E-state index in [2.05, 4.69) is 14.5 Å². The third kappa shape index (κ3) is 3.69. The summed E-state index contributed by atoms with van der Waals surface area (Å²) in [4.78, 5) is 23.8. The molecular formula is C22H25ClN4O3. The van der Waals surface area contributed by atoms with Gasteiger partial charge in [-0.2, -0.15) is 0 Å². The lowest BCUT2D eigenvalue weighted by Gasteiger charge is -2.30. The van der Waals surface area contributed by atoms with Gasteiger partial charge in [-0.15, -0.1) is 0 Å². The molecule has 0 unspecified atom stereocenters. The molecule has 4 rings (SSSR count). The molecule has 30 heavy (non-hydrogen) atoms. The highest BCUT2D eigenvalue weighted by Gasteiger charge is 2.27. The van der Waals surface area contributed by atoms with E-state index in [0.29, 0.717) is 23.0 Å². The van der Waals surface area contributed by atoms with Crippen molar-refractivity contribution in [1.82, 2.24) is 14.5 Å². The van der Waals surface area contributed by atoms with Crippen LogP contribution in [0.5, 0.6) is 5.88 Å². The summed E-state index contributed by atoms with van der Waals surface area (Å²) in [5.74, 6) is 1.15. The van der Waals surface area contributed by atoms with Crippen LogP contribution in [0.3, 0.4) is 0 Å². The Morgan fingerprint density at radius 2 is 2.03 bits per heavy atom. The molecule has 3 heterocycles. The van der Waals surface area contributed by atoms with Gasteiger partial charge >= 0.3 is 5.97 Å². The second-order valence-corrected chi connectivity index (χ2v) is 7.73. The Kier molecular flexibility index (Phi) is 5.81. The second kappa shape index (κ2) is 8.52. The van der Waals surface area contributed by atoms with Crippen molar-refractivity contribution in [2.45, 2.75) is 39.7 Å². The number of hydrogen-bond donors (Lipinski definition) is 0. The van der Waals surface area contributed by atoms with Gasteiger partial charge in [0.25, 0.3) is 0 Å². The van der Waals surface area contributed by atoms with E-state index in [-0.39, 0.29) is 12.4 Å². The van der Waals surface area contributed by atoms with E-state index >= 15 is 0 Å². The Hall–Kier alpha value is -2.80. The van der Waals surface area contributed by atoms with Gasteiger partial charge in [0.2, 0.25) is 11.8 Å². The summed E-state index contributed by atoms with van der Waals surface area (Å²) in [5.41, 5.74) is 4.32. The van der Waals surface area contributed by atoms with Crippen LogP contribution in [-0.2, 0) is 22.5 Å². The van der Waals surface area contributed by atoms with Crippen LogP contribution in [0.15, 0.2) is 24.3 Å². The summed E-state index contributed by atoms with van der Waals surface area (Å²) >= 11 is 6.49. The van der Waals surface area contributed by atoms with Gasteiger partial charge in [-0.1, -0.05) is 24.6 Å². The van der Waals surface area contributed by atoms with Crippen molar-refractivity contribution in [2.75, 3.05) is 25.2 Å². The highest BCUT2D eigenvalue weighted by Crippen LogP contribution is 2.37. The fourth-order valence-electron chi connectivity index (χ4n) is 3.89. The monoisotopic (exact) mass is 428 g/mol. The SMILES string of the molecule is CCCOC(=O)Cc1ccc(Cl)c2nc3n(c12)CCCN3c1ccc(OC)nc1C. The van der Waals surface area contributed by atoms with Crippen LogP contribution in [0.1, 0.15) is 31.0 Å². The Morgan fingerprint density at radius 3 is 2.77 bits per heavy atom. The van der Waals surface area contributed by atoms with Crippen LogP contribution in [0.25, 0.3) is 11.0 Å². The molecule has 2 aromatic heterocycles. The average molecular weight is 429 g/mol. The highest BCUT2D eigenvalue weighted by atomic mass is 35.5. The first kappa shape index (κ1) is 20.5. The molecule has 1 aliphatic rings. The molecule has 0 amide bonds. The molecule has 0 atom stereocenters. The number of aromatic nitrogens is 3. The topological polar surface area (TPSA) is 69.5 Å². The molecule has 0 radical (unpaired) electrons. The van der Waals surface area contributed by atoms with E-state index in [1.165, 1.54) is 0 Å². The number of halogens is 1. The molecule has 0 spiro atoms. The molecule has 0 N–H and O–H groups in total. The van der Waals surface area contributed by atoms with E-state index in [0.717, 1.165) is 54.3 Å². The number of benzene rings is 1. The third-order valence-electron chi connectivity index (χ3n) is 5.25. The van der Waals surface area contributed by atoms with E-state index in [9.17, 15) is 4.79 Å². The Bertz CT molecular complexity index is 1100. The predicted octanol–water partition coefficient (Wildman–Crippen LogP) is 4.44. The lowest BCUT2D eigenvalue weighted by atomic mass is 10.1. The smallest absolute Gasteiger partial charge is 0.310 e. The number of fused-ring (bicyclic) bond motifs is 3. The van der Waals surface area contributed by atoms with Crippen molar-refractivity contribution in [3.05, 3.63) is 40.5 Å². The Balaban J connectivity index is 1.79. The first-order chi connectivity index (χ1) is 14.5. The van der Waals surface area contributed by atoms with Gasteiger partial charge in [0.15, 0.2) is 0 Å². The first-order valence-corrected chi connectivity index (χ1v) is 10.5. The van der Waals surface area contributed by atoms with Crippen LogP contribution < -0.4 is 9.64 Å². The Morgan fingerprint density at radius 1 is 1.20 bits per heavy atom. The number of methoxy groups -OCH3 is 1. The summed E-state index contributed by atoms with van der Waals surface area (Å²) < 4.78 is 12.7. The number of ether oxygens (including phenoxy) is 2. The summed E-state index contributed by atoms with van der Waals surface area (Å²) in [6, 6.07) is 7.55. The van der Waals surface area contributed by atoms with E-state index < -0.39 is 0 Å². The van der Waals surface area contributed by atoms with Crippen molar-refractivity contribution in [3.8, 4) is 5.88 Å². The van der Waals surface area contributed by atoms with Crippen LogP contribution >= 0.6 is 11.6 Å². The molecule has 0 bridgehead atoms. The maximum Gasteiger partial charge on any atom is 0.310 e. The lowest BCUT2D eigenvalue weighted by molar-refractivity contribution is -0.142. The van der Waals surface area contributed by atoms with Crippen molar-refractivity contribution in [3.63, 3.8) is 0 Å². The normalized spacial score (nSPS) is 13.4. The lowest BCUT2D eigenvalue weighted by Crippen LogP contribution is -2.29. The summed E-state index contributed by atoms with van der Waals surface area (Å²) in [6.45, 7) is 6.00. The molecule has 1 aliphatic heterocycles. The van der Waals surface area contributed by atoms with Gasteiger partial charge in [-0.25, -0.2) is 9.97 Å². The molecule has 0 saturated carbocycles. The summed E-state index contributed by atoms with van der Waals surface area (Å²) in [7, 11) is 1.61. The first-order valence-electron chi connectivity index (χ1n) is 10.2. The Labute approximate surface area is 180 Å². The fourth-order valence-corrected chi connectivity index (χ4v) is 4.09. The quantitative estimate of drug-likeness (QED) is 0.540. The number of nitrogens with zero attached hydrogens (tertiary/aromatic N) is 4. The van der Waals surface area contributed by atoms with Gasteiger partial charge in [0.05, 0.1) is 42.1 Å². The molecule has 8 heteroatoms. The van der Waals surface area contributed by atoms with Gasteiger partial charge in [0.1, 0.15) is 5.52 Å². The standard InChI is InChI=1S/C22H25ClN4O3/c1-4-12-30-19(28)13-15-6-7-16(23)20-21(15)27-11-5-10-26(22(27)25-20)17-8-9-18(29-3)24-14(17)2/h6-9H,4-5,10-13H2,1-3H3. The number of carbonyl (C=O) groups excluding carboxylic acids is 1. The van der Waals surface area contributed by atoms with Crippen molar-refractivity contribution in [2.24, 2.45) is 0 Å². The van der Waals surface area contributed by atoms with Gasteiger partial charge < -0.3 is 18.9 Å². The average Bonchev–Trinajstić information content (AvgIpc) is 3.15. The minimum Gasteiger partial charge on any atom is -0.481 e. The van der Waals surface area contributed by atoms with Gasteiger partial charge in [-0.3, -0.25) is 4.79 Å². The van der Waals surface area contributed by atoms with Crippen LogP contribution in [0.4, 0.5) is 11.6 Å². The molecule has 7 nitrogen and oxygen atoms in total. The largest absolute Gasteiger partial charge is 0.481 e. The molecule has 158 valence electrons. The number of rotatable bonds is 6. The van der Waals surface area contributed by atoms with Gasteiger partial charge in [-0.05, 0) is 37.5 Å². The number of anilines is 2. The molecule has 0 fully saturated rings.